The zero-order chi connectivity index (χ0) is 12.7. The first-order valence-electron chi connectivity index (χ1n) is 7.42. The van der Waals surface area contributed by atoms with Crippen molar-refractivity contribution in [3.05, 3.63) is 11.4 Å². The fourth-order valence-corrected chi connectivity index (χ4v) is 3.54. The van der Waals surface area contributed by atoms with Gasteiger partial charge in [0.25, 0.3) is 0 Å². The molecule has 2 atom stereocenters. The van der Waals surface area contributed by atoms with Crippen molar-refractivity contribution in [3.8, 4) is 0 Å². The van der Waals surface area contributed by atoms with Crippen LogP contribution in [0, 0.1) is 25.7 Å². The fourth-order valence-electron chi connectivity index (χ4n) is 3.54. The van der Waals surface area contributed by atoms with Crippen LogP contribution in [0.2, 0.25) is 0 Å². The average Bonchev–Trinajstić information content (AvgIpc) is 3.16. The molecule has 18 heavy (non-hydrogen) atoms. The molecule has 3 rings (SSSR count). The standard InChI is InChI=1S/C15H25N3/c1-10-15(11(2)18(3)17-10)16-14-6-4-5-13(9-14)12-7-8-12/h12-14,16H,4-9H2,1-3H3. The monoisotopic (exact) mass is 247 g/mol. The highest BCUT2D eigenvalue weighted by atomic mass is 15.3. The highest BCUT2D eigenvalue weighted by Crippen LogP contribution is 2.44. The number of rotatable bonds is 3. The molecular formula is C15H25N3. The van der Waals surface area contributed by atoms with Crippen LogP contribution in [0.25, 0.3) is 0 Å². The lowest BCUT2D eigenvalue weighted by Gasteiger charge is -2.30. The first kappa shape index (κ1) is 12.1. The van der Waals surface area contributed by atoms with Gasteiger partial charge in [-0.15, -0.1) is 0 Å². The summed E-state index contributed by atoms with van der Waals surface area (Å²) >= 11 is 0. The SMILES string of the molecule is Cc1nn(C)c(C)c1NC1CCCC(C2CC2)C1. The van der Waals surface area contributed by atoms with Gasteiger partial charge in [-0.3, -0.25) is 4.68 Å². The van der Waals surface area contributed by atoms with Gasteiger partial charge in [-0.1, -0.05) is 12.8 Å². The number of aromatic nitrogens is 2. The molecule has 2 fully saturated rings. The van der Waals surface area contributed by atoms with Gasteiger partial charge in [0.05, 0.1) is 17.1 Å². The summed E-state index contributed by atoms with van der Waals surface area (Å²) in [6, 6.07) is 0.672. The third-order valence-corrected chi connectivity index (χ3v) is 4.86. The van der Waals surface area contributed by atoms with Crippen LogP contribution in [0.3, 0.4) is 0 Å². The maximum absolute atomic E-state index is 4.50. The van der Waals surface area contributed by atoms with E-state index in [9.17, 15) is 0 Å². The zero-order valence-corrected chi connectivity index (χ0v) is 11.9. The Morgan fingerprint density at radius 1 is 1.11 bits per heavy atom. The van der Waals surface area contributed by atoms with Crippen LogP contribution in [0.15, 0.2) is 0 Å². The molecule has 1 N–H and O–H groups in total. The Hall–Kier alpha value is -0.990. The second-order valence-electron chi connectivity index (χ2n) is 6.27. The quantitative estimate of drug-likeness (QED) is 0.887. The van der Waals surface area contributed by atoms with Crippen molar-refractivity contribution in [1.82, 2.24) is 9.78 Å². The molecule has 0 spiro atoms. The number of anilines is 1. The van der Waals surface area contributed by atoms with E-state index in [4.69, 9.17) is 0 Å². The lowest BCUT2D eigenvalue weighted by atomic mass is 9.82. The second-order valence-corrected chi connectivity index (χ2v) is 6.27. The Balaban J connectivity index is 1.67. The fraction of sp³-hybridized carbons (Fsp3) is 0.800. The van der Waals surface area contributed by atoms with E-state index < -0.39 is 0 Å². The maximum Gasteiger partial charge on any atom is 0.0827 e. The molecule has 0 bridgehead atoms. The Labute approximate surface area is 110 Å². The number of hydrogen-bond acceptors (Lipinski definition) is 2. The number of nitrogens with one attached hydrogen (secondary N) is 1. The third kappa shape index (κ3) is 2.27. The van der Waals surface area contributed by atoms with E-state index in [0.29, 0.717) is 6.04 Å². The minimum absolute atomic E-state index is 0.672. The molecule has 1 heterocycles. The van der Waals surface area contributed by atoms with E-state index in [1.165, 1.54) is 49.9 Å². The van der Waals surface area contributed by atoms with Gasteiger partial charge >= 0.3 is 0 Å². The summed E-state index contributed by atoms with van der Waals surface area (Å²) in [4.78, 5) is 0. The van der Waals surface area contributed by atoms with Crippen molar-refractivity contribution < 1.29 is 0 Å². The molecule has 3 nitrogen and oxygen atoms in total. The second kappa shape index (κ2) is 4.60. The van der Waals surface area contributed by atoms with E-state index in [1.54, 1.807) is 0 Å². The van der Waals surface area contributed by atoms with Crippen LogP contribution in [-0.4, -0.2) is 15.8 Å². The van der Waals surface area contributed by atoms with Crippen LogP contribution < -0.4 is 5.32 Å². The van der Waals surface area contributed by atoms with Gasteiger partial charge in [0.15, 0.2) is 0 Å². The van der Waals surface area contributed by atoms with Crippen molar-refractivity contribution >= 4 is 5.69 Å². The van der Waals surface area contributed by atoms with Gasteiger partial charge in [-0.25, -0.2) is 0 Å². The summed E-state index contributed by atoms with van der Waals surface area (Å²) in [7, 11) is 2.03. The summed E-state index contributed by atoms with van der Waals surface area (Å²) < 4.78 is 1.98. The van der Waals surface area contributed by atoms with Crippen molar-refractivity contribution in [2.24, 2.45) is 18.9 Å². The number of aryl methyl sites for hydroxylation is 2. The van der Waals surface area contributed by atoms with Gasteiger partial charge in [0, 0.05) is 13.1 Å². The molecule has 0 amide bonds. The van der Waals surface area contributed by atoms with Crippen molar-refractivity contribution in [3.63, 3.8) is 0 Å². The zero-order valence-electron chi connectivity index (χ0n) is 11.9. The van der Waals surface area contributed by atoms with Crippen LogP contribution in [0.1, 0.15) is 49.9 Å². The lowest BCUT2D eigenvalue weighted by molar-refractivity contribution is 0.303. The summed E-state index contributed by atoms with van der Waals surface area (Å²) in [6.07, 6.45) is 8.55. The van der Waals surface area contributed by atoms with Crippen LogP contribution in [-0.2, 0) is 7.05 Å². The smallest absolute Gasteiger partial charge is 0.0827 e. The summed E-state index contributed by atoms with van der Waals surface area (Å²) in [6.45, 7) is 4.26. The predicted octanol–water partition coefficient (Wildman–Crippen LogP) is 3.42. The van der Waals surface area contributed by atoms with E-state index >= 15 is 0 Å². The third-order valence-electron chi connectivity index (χ3n) is 4.86. The highest BCUT2D eigenvalue weighted by Gasteiger charge is 2.34. The van der Waals surface area contributed by atoms with Crippen molar-refractivity contribution in [1.29, 1.82) is 0 Å². The summed E-state index contributed by atoms with van der Waals surface area (Å²) in [5.41, 5.74) is 3.68. The molecule has 100 valence electrons. The van der Waals surface area contributed by atoms with Gasteiger partial charge in [0.2, 0.25) is 0 Å². The molecule has 0 radical (unpaired) electrons. The largest absolute Gasteiger partial charge is 0.379 e. The molecular weight excluding hydrogens is 222 g/mol. The Kier molecular flexibility index (Phi) is 3.08. The van der Waals surface area contributed by atoms with Gasteiger partial charge < -0.3 is 5.32 Å². The summed E-state index contributed by atoms with van der Waals surface area (Å²) in [5, 5.41) is 8.26. The average molecular weight is 247 g/mol. The van der Waals surface area contributed by atoms with Gasteiger partial charge in [0.1, 0.15) is 0 Å². The Morgan fingerprint density at radius 2 is 1.89 bits per heavy atom. The molecule has 2 aliphatic carbocycles. The number of hydrogen-bond donors (Lipinski definition) is 1. The molecule has 0 saturated heterocycles. The molecule has 3 heteroatoms. The van der Waals surface area contributed by atoms with Crippen LogP contribution in [0.4, 0.5) is 5.69 Å². The van der Waals surface area contributed by atoms with Gasteiger partial charge in [-0.05, 0) is 51.4 Å². The molecule has 2 aliphatic rings. The van der Waals surface area contributed by atoms with Crippen LogP contribution in [0.5, 0.6) is 0 Å². The summed E-state index contributed by atoms with van der Waals surface area (Å²) in [5.74, 6) is 2.05. The van der Waals surface area contributed by atoms with Crippen LogP contribution >= 0.6 is 0 Å². The van der Waals surface area contributed by atoms with Crippen molar-refractivity contribution in [2.75, 3.05) is 5.32 Å². The van der Waals surface area contributed by atoms with Crippen molar-refractivity contribution in [2.45, 2.75) is 58.4 Å². The minimum Gasteiger partial charge on any atom is -0.379 e. The Morgan fingerprint density at radius 3 is 2.50 bits per heavy atom. The molecule has 1 aromatic heterocycles. The Bertz CT molecular complexity index is 431. The molecule has 0 aromatic carbocycles. The first-order chi connectivity index (χ1) is 8.65. The van der Waals surface area contributed by atoms with E-state index in [0.717, 1.165) is 17.5 Å². The van der Waals surface area contributed by atoms with E-state index in [-0.39, 0.29) is 0 Å². The highest BCUT2D eigenvalue weighted by molar-refractivity contribution is 5.52. The molecule has 0 aliphatic heterocycles. The molecule has 2 unspecified atom stereocenters. The lowest BCUT2D eigenvalue weighted by Crippen LogP contribution is -2.28. The van der Waals surface area contributed by atoms with E-state index in [2.05, 4.69) is 24.3 Å². The predicted molar refractivity (Wildman–Crippen MR) is 74.8 cm³/mol. The normalized spacial score (nSPS) is 28.4. The number of nitrogens with zero attached hydrogens (tertiary/aromatic N) is 2. The minimum atomic E-state index is 0.672. The van der Waals surface area contributed by atoms with E-state index in [1.807, 2.05) is 11.7 Å². The topological polar surface area (TPSA) is 29.9 Å². The maximum atomic E-state index is 4.50. The molecule has 1 aromatic rings. The first-order valence-corrected chi connectivity index (χ1v) is 7.42. The van der Waals surface area contributed by atoms with Gasteiger partial charge in [-0.2, -0.15) is 5.10 Å². The molecule has 2 saturated carbocycles.